The molecule has 1 aromatic heterocycles. The molecule has 2 aromatic rings. The van der Waals surface area contributed by atoms with E-state index in [1.165, 1.54) is 26.7 Å². The smallest absolute Gasteiger partial charge is 0.0361 e. The van der Waals surface area contributed by atoms with Crippen molar-refractivity contribution in [3.63, 3.8) is 0 Å². The second kappa shape index (κ2) is 7.71. The van der Waals surface area contributed by atoms with Crippen LogP contribution < -0.4 is 5.32 Å². The summed E-state index contributed by atoms with van der Waals surface area (Å²) in [5.41, 5.74) is 5.27. The van der Waals surface area contributed by atoms with Crippen molar-refractivity contribution >= 4 is 15.9 Å². The van der Waals surface area contributed by atoms with Crippen LogP contribution in [0.4, 0.5) is 0 Å². The number of hydrogen-bond donors (Lipinski definition) is 1. The first-order valence-electron chi connectivity index (χ1n) is 7.50. The highest BCUT2D eigenvalue weighted by Gasteiger charge is 2.14. The molecule has 0 saturated heterocycles. The standard InChI is InChI=1S/C18H23BrN2/c1-4-7-21-17(12-15-5-8-20-9-6-15)16-10-13(2)18(19)14(3)11-16/h5-6,8-11,17,21H,4,7,12H2,1-3H3. The van der Waals surface area contributed by atoms with Gasteiger partial charge in [0, 0.05) is 22.9 Å². The predicted molar refractivity (Wildman–Crippen MR) is 92.6 cm³/mol. The van der Waals surface area contributed by atoms with Gasteiger partial charge < -0.3 is 5.32 Å². The molecule has 0 bridgehead atoms. The maximum Gasteiger partial charge on any atom is 0.0361 e. The Kier molecular flexibility index (Phi) is 5.95. The first-order chi connectivity index (χ1) is 10.1. The van der Waals surface area contributed by atoms with E-state index in [1.807, 2.05) is 12.4 Å². The van der Waals surface area contributed by atoms with Crippen LogP contribution >= 0.6 is 15.9 Å². The lowest BCUT2D eigenvalue weighted by Gasteiger charge is -2.21. The molecule has 0 aliphatic rings. The Labute approximate surface area is 136 Å². The van der Waals surface area contributed by atoms with Gasteiger partial charge in [0.25, 0.3) is 0 Å². The fourth-order valence-electron chi connectivity index (χ4n) is 2.56. The predicted octanol–water partition coefficient (Wildman–Crippen LogP) is 4.74. The van der Waals surface area contributed by atoms with E-state index in [1.54, 1.807) is 0 Å². The minimum absolute atomic E-state index is 0.345. The molecule has 0 fully saturated rings. The van der Waals surface area contributed by atoms with E-state index in [0.29, 0.717) is 6.04 Å². The largest absolute Gasteiger partial charge is 0.310 e. The van der Waals surface area contributed by atoms with Crippen LogP contribution in [0, 0.1) is 13.8 Å². The van der Waals surface area contributed by atoms with Crippen LogP contribution in [0.2, 0.25) is 0 Å². The molecule has 0 saturated carbocycles. The lowest BCUT2D eigenvalue weighted by atomic mass is 9.96. The summed E-state index contributed by atoms with van der Waals surface area (Å²) in [5.74, 6) is 0. The Balaban J connectivity index is 2.27. The molecule has 3 heteroatoms. The zero-order valence-corrected chi connectivity index (χ0v) is 14.6. The minimum atomic E-state index is 0.345. The molecule has 1 aromatic carbocycles. The van der Waals surface area contributed by atoms with Gasteiger partial charge in [0.05, 0.1) is 0 Å². The fourth-order valence-corrected chi connectivity index (χ4v) is 2.79. The monoisotopic (exact) mass is 346 g/mol. The number of aromatic nitrogens is 1. The summed E-state index contributed by atoms with van der Waals surface area (Å²) >= 11 is 3.65. The summed E-state index contributed by atoms with van der Waals surface area (Å²) in [6.45, 7) is 7.55. The molecule has 0 aliphatic heterocycles. The number of pyridine rings is 1. The molecule has 1 N–H and O–H groups in total. The highest BCUT2D eigenvalue weighted by atomic mass is 79.9. The van der Waals surface area contributed by atoms with Crippen molar-refractivity contribution in [3.8, 4) is 0 Å². The number of nitrogens with zero attached hydrogens (tertiary/aromatic N) is 1. The van der Waals surface area contributed by atoms with Crippen molar-refractivity contribution < 1.29 is 0 Å². The Bertz CT molecular complexity index is 558. The average Bonchev–Trinajstić information content (AvgIpc) is 2.49. The first kappa shape index (κ1) is 16.2. The molecular formula is C18H23BrN2. The SMILES string of the molecule is CCCNC(Cc1ccncc1)c1cc(C)c(Br)c(C)c1. The third kappa shape index (κ3) is 4.39. The van der Waals surface area contributed by atoms with Crippen LogP contribution in [0.1, 0.15) is 41.6 Å². The highest BCUT2D eigenvalue weighted by Crippen LogP contribution is 2.27. The highest BCUT2D eigenvalue weighted by molar-refractivity contribution is 9.10. The summed E-state index contributed by atoms with van der Waals surface area (Å²) in [6.07, 6.45) is 5.86. The molecule has 2 nitrogen and oxygen atoms in total. The van der Waals surface area contributed by atoms with Crippen molar-refractivity contribution in [1.29, 1.82) is 0 Å². The number of hydrogen-bond acceptors (Lipinski definition) is 2. The number of halogens is 1. The molecule has 0 radical (unpaired) electrons. The van der Waals surface area contributed by atoms with Crippen molar-refractivity contribution in [1.82, 2.24) is 10.3 Å². The fraction of sp³-hybridized carbons (Fsp3) is 0.389. The van der Waals surface area contributed by atoms with Gasteiger partial charge in [-0.15, -0.1) is 0 Å². The van der Waals surface area contributed by atoms with Crippen LogP contribution in [-0.4, -0.2) is 11.5 Å². The quantitative estimate of drug-likeness (QED) is 0.816. The second-order valence-corrected chi connectivity index (χ2v) is 6.33. The summed E-state index contributed by atoms with van der Waals surface area (Å²) in [6, 6.07) is 9.10. The molecular weight excluding hydrogens is 324 g/mol. The molecule has 112 valence electrons. The van der Waals surface area contributed by atoms with E-state index in [4.69, 9.17) is 0 Å². The molecule has 21 heavy (non-hydrogen) atoms. The van der Waals surface area contributed by atoms with E-state index in [2.05, 4.69) is 71.3 Å². The van der Waals surface area contributed by atoms with Crippen molar-refractivity contribution in [2.24, 2.45) is 0 Å². The molecule has 1 heterocycles. The van der Waals surface area contributed by atoms with Crippen LogP contribution in [0.3, 0.4) is 0 Å². The minimum Gasteiger partial charge on any atom is -0.310 e. The third-order valence-corrected chi connectivity index (χ3v) is 4.94. The van der Waals surface area contributed by atoms with Gasteiger partial charge in [-0.25, -0.2) is 0 Å². The van der Waals surface area contributed by atoms with Crippen molar-refractivity contribution in [2.75, 3.05) is 6.54 Å². The summed E-state index contributed by atoms with van der Waals surface area (Å²) in [7, 11) is 0. The van der Waals surface area contributed by atoms with Crippen LogP contribution in [0.5, 0.6) is 0 Å². The number of nitrogens with one attached hydrogen (secondary N) is 1. The maximum atomic E-state index is 4.10. The van der Waals surface area contributed by atoms with Gasteiger partial charge >= 0.3 is 0 Å². The van der Waals surface area contributed by atoms with Crippen LogP contribution in [0.25, 0.3) is 0 Å². The maximum absolute atomic E-state index is 4.10. The number of aryl methyl sites for hydroxylation is 2. The van der Waals surface area contributed by atoms with E-state index in [-0.39, 0.29) is 0 Å². The molecule has 2 rings (SSSR count). The first-order valence-corrected chi connectivity index (χ1v) is 8.30. The normalized spacial score (nSPS) is 12.4. The Hall–Kier alpha value is -1.19. The summed E-state index contributed by atoms with van der Waals surface area (Å²) < 4.78 is 1.21. The van der Waals surface area contributed by atoms with E-state index < -0.39 is 0 Å². The zero-order chi connectivity index (χ0) is 15.2. The van der Waals surface area contributed by atoms with Gasteiger partial charge in [0.15, 0.2) is 0 Å². The molecule has 0 spiro atoms. The average molecular weight is 347 g/mol. The Morgan fingerprint density at radius 1 is 1.14 bits per heavy atom. The van der Waals surface area contributed by atoms with Crippen molar-refractivity contribution in [3.05, 3.63) is 63.4 Å². The zero-order valence-electron chi connectivity index (χ0n) is 13.0. The summed E-state index contributed by atoms with van der Waals surface area (Å²) in [5, 5.41) is 3.67. The van der Waals surface area contributed by atoms with Crippen LogP contribution in [0.15, 0.2) is 41.1 Å². The molecule has 1 atom stereocenters. The van der Waals surface area contributed by atoms with Gasteiger partial charge in [-0.1, -0.05) is 35.0 Å². The van der Waals surface area contributed by atoms with E-state index >= 15 is 0 Å². The van der Waals surface area contributed by atoms with Crippen molar-refractivity contribution in [2.45, 2.75) is 39.7 Å². The molecule has 1 unspecified atom stereocenters. The number of rotatable bonds is 6. The third-order valence-electron chi connectivity index (χ3n) is 3.69. The van der Waals surface area contributed by atoms with E-state index in [9.17, 15) is 0 Å². The van der Waals surface area contributed by atoms with Crippen LogP contribution in [-0.2, 0) is 6.42 Å². The number of benzene rings is 1. The molecule has 0 aliphatic carbocycles. The van der Waals surface area contributed by atoms with E-state index in [0.717, 1.165) is 19.4 Å². The Morgan fingerprint density at radius 2 is 1.76 bits per heavy atom. The Morgan fingerprint density at radius 3 is 2.33 bits per heavy atom. The van der Waals surface area contributed by atoms with Gasteiger partial charge in [0.2, 0.25) is 0 Å². The van der Waals surface area contributed by atoms with Gasteiger partial charge in [-0.3, -0.25) is 4.98 Å². The van der Waals surface area contributed by atoms with Gasteiger partial charge in [-0.2, -0.15) is 0 Å². The topological polar surface area (TPSA) is 24.9 Å². The lowest BCUT2D eigenvalue weighted by molar-refractivity contribution is 0.528. The second-order valence-electron chi connectivity index (χ2n) is 5.53. The lowest BCUT2D eigenvalue weighted by Crippen LogP contribution is -2.24. The summed E-state index contributed by atoms with van der Waals surface area (Å²) in [4.78, 5) is 4.10. The van der Waals surface area contributed by atoms with Gasteiger partial charge in [0.1, 0.15) is 0 Å². The molecule has 0 amide bonds. The van der Waals surface area contributed by atoms with Gasteiger partial charge in [-0.05, 0) is 67.6 Å².